The zero-order chi connectivity index (χ0) is 26.7. The number of carbonyl (C=O) groups is 3. The lowest BCUT2D eigenvalue weighted by molar-refractivity contribution is -0.118. The van der Waals surface area contributed by atoms with Crippen molar-refractivity contribution in [1.29, 1.82) is 0 Å². The van der Waals surface area contributed by atoms with Crippen molar-refractivity contribution >= 4 is 50.7 Å². The summed E-state index contributed by atoms with van der Waals surface area (Å²) in [5.74, 6) is -0.903. The zero-order valence-corrected chi connectivity index (χ0v) is 21.3. The van der Waals surface area contributed by atoms with Crippen LogP contribution in [-0.2, 0) is 9.53 Å². The molecule has 190 valence electrons. The highest BCUT2D eigenvalue weighted by molar-refractivity contribution is 7.20. The summed E-state index contributed by atoms with van der Waals surface area (Å²) in [6.07, 6.45) is 1.29. The summed E-state index contributed by atoms with van der Waals surface area (Å²) in [6, 6.07) is 12.4. The van der Waals surface area contributed by atoms with E-state index in [-0.39, 0.29) is 10.9 Å². The molecule has 0 aliphatic rings. The van der Waals surface area contributed by atoms with E-state index < -0.39 is 29.4 Å². The van der Waals surface area contributed by atoms with Gasteiger partial charge in [-0.15, -0.1) is 11.3 Å². The molecule has 2 N–H and O–H groups in total. The number of hydrogen-bond acceptors (Lipinski definition) is 8. The van der Waals surface area contributed by atoms with E-state index in [4.69, 9.17) is 9.47 Å². The molecule has 0 fully saturated rings. The van der Waals surface area contributed by atoms with Crippen molar-refractivity contribution in [2.24, 2.45) is 0 Å². The zero-order valence-electron chi connectivity index (χ0n) is 20.5. The van der Waals surface area contributed by atoms with E-state index in [0.717, 1.165) is 11.3 Å². The fourth-order valence-corrected chi connectivity index (χ4v) is 4.81. The normalized spacial score (nSPS) is 11.6. The van der Waals surface area contributed by atoms with Gasteiger partial charge in [0.1, 0.15) is 16.6 Å². The van der Waals surface area contributed by atoms with Crippen molar-refractivity contribution in [2.75, 3.05) is 24.9 Å². The summed E-state index contributed by atoms with van der Waals surface area (Å²) in [7, 11) is 2.78. The number of fused-ring (bicyclic) bond motifs is 1. The van der Waals surface area contributed by atoms with Gasteiger partial charge in [-0.25, -0.2) is 9.78 Å². The first-order valence-electron chi connectivity index (χ1n) is 11.2. The van der Waals surface area contributed by atoms with Crippen molar-refractivity contribution in [1.82, 2.24) is 9.55 Å². The fourth-order valence-electron chi connectivity index (χ4n) is 3.77. The molecule has 0 saturated carbocycles. The molecule has 0 aliphatic heterocycles. The van der Waals surface area contributed by atoms with Crippen LogP contribution in [0.3, 0.4) is 0 Å². The van der Waals surface area contributed by atoms with Crippen LogP contribution in [0.1, 0.15) is 38.6 Å². The Balaban J connectivity index is 1.60. The van der Waals surface area contributed by atoms with Crippen LogP contribution in [-0.4, -0.2) is 41.6 Å². The minimum atomic E-state index is -0.920. The number of nitrogens with zero attached hydrogens (tertiary/aromatic N) is 2. The number of anilines is 2. The average molecular weight is 521 g/mol. The van der Waals surface area contributed by atoms with Gasteiger partial charge in [-0.2, -0.15) is 0 Å². The maximum atomic E-state index is 13.4. The van der Waals surface area contributed by atoms with Crippen molar-refractivity contribution in [3.05, 3.63) is 81.2 Å². The highest BCUT2D eigenvalue weighted by Crippen LogP contribution is 2.30. The maximum absolute atomic E-state index is 13.4. The Labute approximate surface area is 215 Å². The molecule has 2 amide bonds. The van der Waals surface area contributed by atoms with Gasteiger partial charge in [0.2, 0.25) is 5.91 Å². The number of aryl methyl sites for hydroxylation is 1. The molecule has 0 bridgehead atoms. The highest BCUT2D eigenvalue weighted by atomic mass is 32.1. The molecule has 2 heterocycles. The van der Waals surface area contributed by atoms with Crippen molar-refractivity contribution in [3.8, 4) is 5.75 Å². The molecule has 11 heteroatoms. The Kier molecular flexibility index (Phi) is 7.35. The maximum Gasteiger partial charge on any atom is 0.337 e. The standard InChI is InChI=1S/C26H24N4O6S/c1-14-20-24(37-21(14)23(32)29-18-10-5-6-11-19(18)35-3)27-13-30(25(20)33)15(2)22(31)28-17-9-7-8-16(12-17)26(34)36-4/h5-13,15H,1-4H3,(H,28,31)(H,29,32). The number of benzene rings is 2. The predicted octanol–water partition coefficient (Wildman–Crippen LogP) is 4.01. The van der Waals surface area contributed by atoms with E-state index in [9.17, 15) is 19.2 Å². The number of thiophene rings is 1. The molecule has 4 rings (SSSR count). The van der Waals surface area contributed by atoms with Gasteiger partial charge in [0, 0.05) is 5.69 Å². The van der Waals surface area contributed by atoms with Crippen LogP contribution in [0.5, 0.6) is 5.75 Å². The van der Waals surface area contributed by atoms with Gasteiger partial charge in [-0.1, -0.05) is 18.2 Å². The Hall–Kier alpha value is -4.51. The Morgan fingerprint density at radius 3 is 2.54 bits per heavy atom. The predicted molar refractivity (Wildman–Crippen MR) is 141 cm³/mol. The molecule has 1 unspecified atom stereocenters. The van der Waals surface area contributed by atoms with E-state index >= 15 is 0 Å². The summed E-state index contributed by atoms with van der Waals surface area (Å²) in [5.41, 5.74) is 1.18. The number of rotatable bonds is 7. The first kappa shape index (κ1) is 25.6. The van der Waals surface area contributed by atoms with Crippen LogP contribution < -0.4 is 20.9 Å². The lowest BCUT2D eigenvalue weighted by Gasteiger charge is -2.15. The van der Waals surface area contributed by atoms with Crippen LogP contribution in [0, 0.1) is 6.92 Å². The van der Waals surface area contributed by atoms with Gasteiger partial charge in [0.15, 0.2) is 0 Å². The van der Waals surface area contributed by atoms with E-state index in [1.165, 1.54) is 31.2 Å². The largest absolute Gasteiger partial charge is 0.495 e. The summed E-state index contributed by atoms with van der Waals surface area (Å²) >= 11 is 1.10. The lowest BCUT2D eigenvalue weighted by Crippen LogP contribution is -2.31. The number of para-hydroxylation sites is 2. The third-order valence-electron chi connectivity index (χ3n) is 5.79. The molecule has 0 saturated heterocycles. The number of aromatic nitrogens is 2. The van der Waals surface area contributed by atoms with Crippen LogP contribution in [0.15, 0.2) is 59.7 Å². The third-order valence-corrected chi connectivity index (χ3v) is 6.98. The Morgan fingerprint density at radius 1 is 1.05 bits per heavy atom. The molecular formula is C26H24N4O6S. The molecule has 1 atom stereocenters. The van der Waals surface area contributed by atoms with Gasteiger partial charge in [-0.05, 0) is 49.7 Å². The second-order valence-electron chi connectivity index (χ2n) is 8.09. The van der Waals surface area contributed by atoms with Crippen LogP contribution in [0.4, 0.5) is 11.4 Å². The molecular weight excluding hydrogens is 496 g/mol. The van der Waals surface area contributed by atoms with Gasteiger partial charge >= 0.3 is 5.97 Å². The molecule has 0 aliphatic carbocycles. The fraction of sp³-hybridized carbons (Fsp3) is 0.192. The lowest BCUT2D eigenvalue weighted by atomic mass is 10.2. The summed E-state index contributed by atoms with van der Waals surface area (Å²) in [5, 5.41) is 5.78. The van der Waals surface area contributed by atoms with Crippen molar-refractivity contribution in [3.63, 3.8) is 0 Å². The SMILES string of the molecule is COC(=O)c1cccc(NC(=O)C(C)n2cnc3sc(C(=O)Nc4ccccc4OC)c(C)c3c2=O)c1. The minimum absolute atomic E-state index is 0.269. The smallest absolute Gasteiger partial charge is 0.337 e. The quantitative estimate of drug-likeness (QED) is 0.352. The van der Waals surface area contributed by atoms with E-state index in [2.05, 4.69) is 15.6 Å². The van der Waals surface area contributed by atoms with Crippen molar-refractivity contribution < 1.29 is 23.9 Å². The summed E-state index contributed by atoms with van der Waals surface area (Å²) in [6.45, 7) is 3.23. The topological polar surface area (TPSA) is 129 Å². The molecule has 2 aromatic heterocycles. The van der Waals surface area contributed by atoms with Gasteiger partial charge < -0.3 is 20.1 Å². The van der Waals surface area contributed by atoms with E-state index in [0.29, 0.717) is 32.4 Å². The average Bonchev–Trinajstić information content (AvgIpc) is 3.25. The minimum Gasteiger partial charge on any atom is -0.495 e. The number of carbonyl (C=O) groups excluding carboxylic acids is 3. The van der Waals surface area contributed by atoms with E-state index in [1.807, 2.05) is 0 Å². The van der Waals surface area contributed by atoms with Crippen LogP contribution in [0.2, 0.25) is 0 Å². The van der Waals surface area contributed by atoms with Gasteiger partial charge in [0.05, 0.1) is 42.1 Å². The van der Waals surface area contributed by atoms with E-state index in [1.54, 1.807) is 56.3 Å². The van der Waals surface area contributed by atoms with Gasteiger partial charge in [0.25, 0.3) is 11.5 Å². The Bertz CT molecular complexity index is 1580. The number of methoxy groups -OCH3 is 2. The second-order valence-corrected chi connectivity index (χ2v) is 9.08. The first-order chi connectivity index (χ1) is 17.7. The molecule has 4 aromatic rings. The number of nitrogens with one attached hydrogen (secondary N) is 2. The van der Waals surface area contributed by atoms with Gasteiger partial charge in [-0.3, -0.25) is 19.0 Å². The molecule has 0 spiro atoms. The summed E-state index contributed by atoms with van der Waals surface area (Å²) in [4.78, 5) is 56.1. The van der Waals surface area contributed by atoms with Crippen LogP contribution >= 0.6 is 11.3 Å². The highest BCUT2D eigenvalue weighted by Gasteiger charge is 2.23. The monoisotopic (exact) mass is 520 g/mol. The molecule has 10 nitrogen and oxygen atoms in total. The number of hydrogen-bond donors (Lipinski definition) is 2. The first-order valence-corrected chi connectivity index (χ1v) is 12.0. The number of ether oxygens (including phenoxy) is 2. The van der Waals surface area contributed by atoms with Crippen molar-refractivity contribution in [2.45, 2.75) is 19.9 Å². The molecule has 0 radical (unpaired) electrons. The number of esters is 1. The number of amides is 2. The molecule has 2 aromatic carbocycles. The van der Waals surface area contributed by atoms with Crippen LogP contribution in [0.25, 0.3) is 10.2 Å². The molecule has 37 heavy (non-hydrogen) atoms. The Morgan fingerprint density at radius 2 is 1.81 bits per heavy atom. The third kappa shape index (κ3) is 5.07. The summed E-state index contributed by atoms with van der Waals surface area (Å²) < 4.78 is 11.2. The second kappa shape index (κ2) is 10.6.